The van der Waals surface area contributed by atoms with Crippen molar-refractivity contribution in [2.45, 2.75) is 38.6 Å². The highest BCUT2D eigenvalue weighted by Crippen LogP contribution is 2.40. The number of ether oxygens (including phenoxy) is 1. The molecule has 0 heterocycles. The van der Waals surface area contributed by atoms with E-state index in [0.717, 1.165) is 11.4 Å². The van der Waals surface area contributed by atoms with Crippen LogP contribution < -0.4 is 10.1 Å². The number of hydrogen-bond acceptors (Lipinski definition) is 2. The molecular formula is C19H23NO. The summed E-state index contributed by atoms with van der Waals surface area (Å²) in [5.74, 6) is 1.62. The number of aryl methyl sites for hydroxylation is 2. The van der Waals surface area contributed by atoms with Crippen molar-refractivity contribution in [3.8, 4) is 5.75 Å². The van der Waals surface area contributed by atoms with Gasteiger partial charge in [-0.25, -0.2) is 0 Å². The molecule has 21 heavy (non-hydrogen) atoms. The summed E-state index contributed by atoms with van der Waals surface area (Å²) in [6, 6.07) is 15.6. The van der Waals surface area contributed by atoms with Crippen molar-refractivity contribution in [3.05, 3.63) is 59.2 Å². The molecule has 2 heteroatoms. The van der Waals surface area contributed by atoms with Crippen LogP contribution in [0.2, 0.25) is 0 Å². The standard InChI is InChI=1S/C19H23NO/c1-13-8-9-19(21-3)18(10-13)20-16-11-15(12-16)17-7-5-4-6-14(17)2/h4-10,15-16,20H,11-12H2,1-3H3. The molecule has 0 unspecified atom stereocenters. The maximum Gasteiger partial charge on any atom is 0.141 e. The molecule has 0 aliphatic heterocycles. The van der Waals surface area contributed by atoms with Crippen LogP contribution in [0.15, 0.2) is 42.5 Å². The van der Waals surface area contributed by atoms with Gasteiger partial charge in [0, 0.05) is 6.04 Å². The van der Waals surface area contributed by atoms with E-state index in [1.807, 2.05) is 6.07 Å². The SMILES string of the molecule is COc1ccc(C)cc1NC1CC(c2ccccc2C)C1. The lowest BCUT2D eigenvalue weighted by molar-refractivity contribution is 0.369. The molecule has 0 saturated heterocycles. The summed E-state index contributed by atoms with van der Waals surface area (Å²) in [5, 5.41) is 3.63. The van der Waals surface area contributed by atoms with E-state index in [0.29, 0.717) is 12.0 Å². The van der Waals surface area contributed by atoms with Crippen LogP contribution in [0.1, 0.15) is 35.4 Å². The third kappa shape index (κ3) is 2.90. The summed E-state index contributed by atoms with van der Waals surface area (Å²) < 4.78 is 5.44. The van der Waals surface area contributed by atoms with Crippen LogP contribution in [0.4, 0.5) is 5.69 Å². The average molecular weight is 281 g/mol. The second kappa shape index (κ2) is 5.80. The summed E-state index contributed by atoms with van der Waals surface area (Å²) in [5.41, 5.74) is 5.29. The van der Waals surface area contributed by atoms with E-state index in [1.165, 1.54) is 29.5 Å². The van der Waals surface area contributed by atoms with Crippen molar-refractivity contribution in [3.63, 3.8) is 0 Å². The molecule has 0 aromatic heterocycles. The lowest BCUT2D eigenvalue weighted by atomic mass is 9.74. The number of anilines is 1. The zero-order valence-electron chi connectivity index (χ0n) is 13.0. The molecular weight excluding hydrogens is 258 g/mol. The fourth-order valence-corrected chi connectivity index (χ4v) is 3.19. The Balaban J connectivity index is 1.65. The fraction of sp³-hybridized carbons (Fsp3) is 0.368. The van der Waals surface area contributed by atoms with E-state index in [9.17, 15) is 0 Å². The van der Waals surface area contributed by atoms with Crippen LogP contribution in [0.5, 0.6) is 5.75 Å². The van der Waals surface area contributed by atoms with Crippen LogP contribution in [-0.2, 0) is 0 Å². The van der Waals surface area contributed by atoms with Gasteiger partial charge in [0.1, 0.15) is 5.75 Å². The molecule has 1 saturated carbocycles. The normalized spacial score (nSPS) is 20.7. The van der Waals surface area contributed by atoms with Gasteiger partial charge >= 0.3 is 0 Å². The molecule has 2 aromatic rings. The highest BCUT2D eigenvalue weighted by atomic mass is 16.5. The highest BCUT2D eigenvalue weighted by Gasteiger charge is 2.31. The Morgan fingerprint density at radius 1 is 1.05 bits per heavy atom. The minimum Gasteiger partial charge on any atom is -0.495 e. The first kappa shape index (κ1) is 14.0. The average Bonchev–Trinajstić information content (AvgIpc) is 2.44. The van der Waals surface area contributed by atoms with Gasteiger partial charge in [0.2, 0.25) is 0 Å². The second-order valence-electron chi connectivity index (χ2n) is 6.07. The minimum atomic E-state index is 0.547. The Bertz CT molecular complexity index is 629. The Kier molecular flexibility index (Phi) is 3.87. The van der Waals surface area contributed by atoms with Gasteiger partial charge in [-0.15, -0.1) is 0 Å². The first-order chi connectivity index (χ1) is 10.2. The van der Waals surface area contributed by atoms with Crippen LogP contribution in [0.3, 0.4) is 0 Å². The molecule has 2 aromatic carbocycles. The summed E-state index contributed by atoms with van der Waals surface area (Å²) in [6.45, 7) is 4.32. The smallest absolute Gasteiger partial charge is 0.141 e. The van der Waals surface area contributed by atoms with Gasteiger partial charge in [-0.05, 0) is 61.4 Å². The molecule has 1 N–H and O–H groups in total. The van der Waals surface area contributed by atoms with E-state index < -0.39 is 0 Å². The monoisotopic (exact) mass is 281 g/mol. The van der Waals surface area contributed by atoms with Crippen molar-refractivity contribution in [2.24, 2.45) is 0 Å². The third-order valence-corrected chi connectivity index (χ3v) is 4.48. The molecule has 1 fully saturated rings. The lowest BCUT2D eigenvalue weighted by Crippen LogP contribution is -2.34. The van der Waals surface area contributed by atoms with Gasteiger partial charge in [-0.2, -0.15) is 0 Å². The molecule has 3 rings (SSSR count). The number of benzene rings is 2. The zero-order chi connectivity index (χ0) is 14.8. The minimum absolute atomic E-state index is 0.547. The quantitative estimate of drug-likeness (QED) is 0.879. The Morgan fingerprint density at radius 3 is 2.52 bits per heavy atom. The first-order valence-electron chi connectivity index (χ1n) is 7.64. The zero-order valence-corrected chi connectivity index (χ0v) is 13.0. The molecule has 1 aliphatic carbocycles. The van der Waals surface area contributed by atoms with Gasteiger partial charge in [0.05, 0.1) is 12.8 Å². The topological polar surface area (TPSA) is 21.3 Å². The molecule has 0 spiro atoms. The van der Waals surface area contributed by atoms with Crippen molar-refractivity contribution in [1.29, 1.82) is 0 Å². The Morgan fingerprint density at radius 2 is 1.81 bits per heavy atom. The van der Waals surface area contributed by atoms with Crippen molar-refractivity contribution >= 4 is 5.69 Å². The van der Waals surface area contributed by atoms with Crippen molar-refractivity contribution < 1.29 is 4.74 Å². The Hall–Kier alpha value is -1.96. The highest BCUT2D eigenvalue weighted by molar-refractivity contribution is 5.59. The molecule has 0 bridgehead atoms. The molecule has 0 amide bonds. The summed E-state index contributed by atoms with van der Waals surface area (Å²) >= 11 is 0. The number of rotatable bonds is 4. The second-order valence-corrected chi connectivity index (χ2v) is 6.07. The third-order valence-electron chi connectivity index (χ3n) is 4.48. The molecule has 2 nitrogen and oxygen atoms in total. The van der Waals surface area contributed by atoms with Gasteiger partial charge in [-0.3, -0.25) is 0 Å². The van der Waals surface area contributed by atoms with Crippen LogP contribution in [0, 0.1) is 13.8 Å². The van der Waals surface area contributed by atoms with Gasteiger partial charge in [-0.1, -0.05) is 30.3 Å². The van der Waals surface area contributed by atoms with Crippen LogP contribution in [0.25, 0.3) is 0 Å². The maximum absolute atomic E-state index is 5.44. The van der Waals surface area contributed by atoms with E-state index in [2.05, 4.69) is 55.6 Å². The predicted molar refractivity (Wildman–Crippen MR) is 88.3 cm³/mol. The number of nitrogens with one attached hydrogen (secondary N) is 1. The summed E-state index contributed by atoms with van der Waals surface area (Å²) in [6.07, 6.45) is 2.39. The summed E-state index contributed by atoms with van der Waals surface area (Å²) in [7, 11) is 1.73. The Labute approximate surface area is 127 Å². The summed E-state index contributed by atoms with van der Waals surface area (Å²) in [4.78, 5) is 0. The van der Waals surface area contributed by atoms with E-state index in [4.69, 9.17) is 4.74 Å². The molecule has 0 radical (unpaired) electrons. The van der Waals surface area contributed by atoms with Gasteiger partial charge in [0.25, 0.3) is 0 Å². The molecule has 1 aliphatic rings. The number of methoxy groups -OCH3 is 1. The van der Waals surface area contributed by atoms with Gasteiger partial charge in [0.15, 0.2) is 0 Å². The molecule has 110 valence electrons. The van der Waals surface area contributed by atoms with Crippen molar-refractivity contribution in [2.75, 3.05) is 12.4 Å². The van der Waals surface area contributed by atoms with E-state index >= 15 is 0 Å². The largest absolute Gasteiger partial charge is 0.495 e. The fourth-order valence-electron chi connectivity index (χ4n) is 3.19. The molecule has 0 atom stereocenters. The lowest BCUT2D eigenvalue weighted by Gasteiger charge is -2.38. The van der Waals surface area contributed by atoms with Crippen LogP contribution in [-0.4, -0.2) is 13.2 Å². The van der Waals surface area contributed by atoms with Crippen molar-refractivity contribution in [1.82, 2.24) is 0 Å². The van der Waals surface area contributed by atoms with E-state index in [1.54, 1.807) is 7.11 Å². The first-order valence-corrected chi connectivity index (χ1v) is 7.64. The predicted octanol–water partition coefficient (Wildman–Crippen LogP) is 4.67. The van der Waals surface area contributed by atoms with Gasteiger partial charge < -0.3 is 10.1 Å². The number of hydrogen-bond donors (Lipinski definition) is 1. The van der Waals surface area contributed by atoms with Crippen LogP contribution >= 0.6 is 0 Å². The van der Waals surface area contributed by atoms with E-state index in [-0.39, 0.29) is 0 Å². The maximum atomic E-state index is 5.44.